The van der Waals surface area contributed by atoms with E-state index in [2.05, 4.69) is 4.90 Å². The van der Waals surface area contributed by atoms with E-state index in [0.717, 1.165) is 32.5 Å². The van der Waals surface area contributed by atoms with Crippen LogP contribution in [-0.4, -0.2) is 114 Å². The number of likely N-dealkylation sites (tertiary alicyclic amines) is 1. The Kier molecular flexibility index (Phi) is 5.87. The Morgan fingerprint density at radius 2 is 1.89 bits per heavy atom. The van der Waals surface area contributed by atoms with E-state index in [1.165, 1.54) is 0 Å². The summed E-state index contributed by atoms with van der Waals surface area (Å²) in [6.07, 6.45) is 1.45. The number of quaternary nitrogens is 1. The summed E-state index contributed by atoms with van der Waals surface area (Å²) in [5, 5.41) is 16.4. The molecular weight excluding hydrogens is 352 g/mol. The first-order valence-electron chi connectivity index (χ1n) is 9.60. The van der Waals surface area contributed by atoms with Crippen LogP contribution in [0.1, 0.15) is 12.8 Å². The predicted molar refractivity (Wildman–Crippen MR) is 98.0 cm³/mol. The monoisotopic (exact) mass is 383 g/mol. The van der Waals surface area contributed by atoms with Gasteiger partial charge in [-0.05, 0) is 12.8 Å². The lowest BCUT2D eigenvalue weighted by molar-refractivity contribution is -0.828. The third-order valence-electron chi connectivity index (χ3n) is 6.03. The molecule has 3 aliphatic rings. The molecule has 10 nitrogen and oxygen atoms in total. The second-order valence-electron chi connectivity index (χ2n) is 8.12. The number of rotatable bonds is 5. The van der Waals surface area contributed by atoms with Crippen LogP contribution in [0.3, 0.4) is 0 Å². The molecule has 3 saturated heterocycles. The van der Waals surface area contributed by atoms with Crippen LogP contribution in [0.2, 0.25) is 0 Å². The average molecular weight is 383 g/mol. The van der Waals surface area contributed by atoms with Crippen molar-refractivity contribution in [2.75, 3.05) is 66.0 Å². The predicted octanol–water partition coefficient (Wildman–Crippen LogP) is -0.783. The van der Waals surface area contributed by atoms with E-state index in [1.54, 1.807) is 0 Å². The summed E-state index contributed by atoms with van der Waals surface area (Å²) in [6.45, 7) is 5.75. The number of carboxylic acid groups (broad SMARTS) is 1. The number of nitrogens with zero attached hydrogens (tertiary/aromatic N) is 4. The molecule has 3 rings (SSSR count). The SMILES string of the molecule is C[N+]1(CC2CCN(C(=N)N)CC2)CC(N2CCN(CC(=O)O)CC2)OC1=O. The summed E-state index contributed by atoms with van der Waals surface area (Å²) in [5.41, 5.74) is 5.55. The highest BCUT2D eigenvalue weighted by Crippen LogP contribution is 2.27. The van der Waals surface area contributed by atoms with Crippen LogP contribution in [0.4, 0.5) is 4.79 Å². The number of ether oxygens (including phenoxy) is 1. The lowest BCUT2D eigenvalue weighted by Crippen LogP contribution is -2.54. The van der Waals surface area contributed by atoms with Gasteiger partial charge in [-0.15, -0.1) is 0 Å². The first kappa shape index (κ1) is 19.8. The van der Waals surface area contributed by atoms with Crippen molar-refractivity contribution in [2.45, 2.75) is 19.1 Å². The smallest absolute Gasteiger partial charge is 0.480 e. The molecule has 1 amide bonds. The number of cyclic esters (lactones) is 1. The fourth-order valence-corrected chi connectivity index (χ4v) is 4.37. The van der Waals surface area contributed by atoms with Crippen LogP contribution >= 0.6 is 0 Å². The van der Waals surface area contributed by atoms with Gasteiger partial charge < -0.3 is 20.5 Å². The van der Waals surface area contributed by atoms with Gasteiger partial charge in [-0.3, -0.25) is 20.0 Å². The van der Waals surface area contributed by atoms with E-state index in [0.29, 0.717) is 38.6 Å². The molecule has 0 aliphatic carbocycles. The van der Waals surface area contributed by atoms with Crippen molar-refractivity contribution < 1.29 is 23.9 Å². The Morgan fingerprint density at radius 3 is 2.44 bits per heavy atom. The molecule has 10 heteroatoms. The second-order valence-corrected chi connectivity index (χ2v) is 8.12. The summed E-state index contributed by atoms with van der Waals surface area (Å²) >= 11 is 0. The lowest BCUT2D eigenvalue weighted by atomic mass is 9.95. The van der Waals surface area contributed by atoms with Gasteiger partial charge in [0.15, 0.2) is 5.96 Å². The van der Waals surface area contributed by atoms with E-state index >= 15 is 0 Å². The number of carbonyl (C=O) groups is 2. The highest BCUT2D eigenvalue weighted by atomic mass is 16.6. The van der Waals surface area contributed by atoms with E-state index in [9.17, 15) is 9.59 Å². The van der Waals surface area contributed by atoms with Gasteiger partial charge in [0, 0.05) is 45.2 Å². The molecule has 0 bridgehead atoms. The van der Waals surface area contributed by atoms with E-state index in [-0.39, 0.29) is 29.3 Å². The van der Waals surface area contributed by atoms with Crippen molar-refractivity contribution >= 4 is 18.0 Å². The lowest BCUT2D eigenvalue weighted by Gasteiger charge is -2.36. The van der Waals surface area contributed by atoms with Crippen LogP contribution in [-0.2, 0) is 9.53 Å². The Hall–Kier alpha value is -1.91. The van der Waals surface area contributed by atoms with Gasteiger partial charge >= 0.3 is 12.1 Å². The van der Waals surface area contributed by atoms with Crippen LogP contribution in [0.5, 0.6) is 0 Å². The zero-order valence-corrected chi connectivity index (χ0v) is 16.0. The summed E-state index contributed by atoms with van der Waals surface area (Å²) in [5.74, 6) is -0.267. The Bertz CT molecular complexity index is 586. The third kappa shape index (κ3) is 4.69. The van der Waals surface area contributed by atoms with Gasteiger partial charge in [-0.1, -0.05) is 0 Å². The Morgan fingerprint density at radius 1 is 1.26 bits per heavy atom. The molecule has 27 heavy (non-hydrogen) atoms. The van der Waals surface area contributed by atoms with Crippen molar-refractivity contribution in [3.63, 3.8) is 0 Å². The van der Waals surface area contributed by atoms with Crippen molar-refractivity contribution in [3.8, 4) is 0 Å². The van der Waals surface area contributed by atoms with Crippen LogP contribution in [0, 0.1) is 11.3 Å². The molecule has 3 aliphatic heterocycles. The minimum atomic E-state index is -0.809. The minimum absolute atomic E-state index is 0.0605. The molecule has 0 spiro atoms. The summed E-state index contributed by atoms with van der Waals surface area (Å²) in [4.78, 5) is 29.3. The standard InChI is InChI=1S/C17H30N6O4/c1-23(11-13-2-4-22(5-3-13)16(18)19)12-14(27-17(23)26)21-8-6-20(7-9-21)10-15(24)25/h13-14H,2-12H2,1H3,(H3-,18,19,24,25)/p+1. The summed E-state index contributed by atoms with van der Waals surface area (Å²) in [7, 11) is 1.94. The van der Waals surface area contributed by atoms with Gasteiger partial charge in [0.2, 0.25) is 6.23 Å². The zero-order valence-electron chi connectivity index (χ0n) is 16.0. The number of nitrogens with two attached hydrogens (primary N) is 1. The highest BCUT2D eigenvalue weighted by Gasteiger charge is 2.49. The number of aliphatic carboxylic acids is 1. The van der Waals surface area contributed by atoms with Crippen molar-refractivity contribution in [1.29, 1.82) is 5.41 Å². The van der Waals surface area contributed by atoms with Crippen LogP contribution < -0.4 is 5.73 Å². The largest absolute Gasteiger partial charge is 0.517 e. The number of hydrogen-bond acceptors (Lipinski definition) is 6. The number of piperazine rings is 1. The fourth-order valence-electron chi connectivity index (χ4n) is 4.37. The van der Waals surface area contributed by atoms with Gasteiger partial charge in [0.1, 0.15) is 6.54 Å². The maximum absolute atomic E-state index is 12.6. The molecule has 3 fully saturated rings. The molecule has 2 unspecified atom stereocenters. The number of nitrogens with one attached hydrogen (secondary N) is 1. The molecule has 4 N–H and O–H groups in total. The zero-order chi connectivity index (χ0) is 19.6. The number of guanidine groups is 1. The Balaban J connectivity index is 1.50. The first-order valence-corrected chi connectivity index (χ1v) is 9.60. The van der Waals surface area contributed by atoms with E-state index < -0.39 is 5.97 Å². The van der Waals surface area contributed by atoms with Crippen molar-refractivity contribution in [3.05, 3.63) is 0 Å². The molecule has 3 heterocycles. The summed E-state index contributed by atoms with van der Waals surface area (Å²) < 4.78 is 5.98. The molecule has 0 aromatic heterocycles. The normalized spacial score (nSPS) is 31.1. The number of piperidine rings is 1. The van der Waals surface area contributed by atoms with Gasteiger partial charge in [-0.25, -0.2) is 4.48 Å². The van der Waals surface area contributed by atoms with E-state index in [4.69, 9.17) is 21.0 Å². The molecule has 0 saturated carbocycles. The topological polar surface area (TPSA) is 123 Å². The number of carboxylic acids is 1. The van der Waals surface area contributed by atoms with E-state index in [1.807, 2.05) is 16.8 Å². The van der Waals surface area contributed by atoms with Crippen LogP contribution in [0.15, 0.2) is 0 Å². The first-order chi connectivity index (χ1) is 12.8. The fraction of sp³-hybridized carbons (Fsp3) is 0.824. The molecule has 152 valence electrons. The summed E-state index contributed by atoms with van der Waals surface area (Å²) in [6, 6.07) is 0. The number of amides is 1. The maximum atomic E-state index is 12.6. The highest BCUT2D eigenvalue weighted by molar-refractivity contribution is 5.74. The number of carbonyl (C=O) groups excluding carboxylic acids is 1. The number of likely N-dealkylation sites (N-methyl/N-ethyl adjacent to an activating group) is 1. The van der Waals surface area contributed by atoms with Crippen LogP contribution in [0.25, 0.3) is 0 Å². The molecule has 0 radical (unpaired) electrons. The van der Waals surface area contributed by atoms with Crippen molar-refractivity contribution in [1.82, 2.24) is 14.7 Å². The third-order valence-corrected chi connectivity index (χ3v) is 6.03. The number of hydrogen-bond donors (Lipinski definition) is 3. The van der Waals surface area contributed by atoms with Gasteiger partial charge in [0.05, 0.1) is 20.1 Å². The molecule has 0 aromatic carbocycles. The Labute approximate surface area is 159 Å². The van der Waals surface area contributed by atoms with Gasteiger partial charge in [0.25, 0.3) is 0 Å². The molecule has 2 atom stereocenters. The average Bonchev–Trinajstić information content (AvgIpc) is 2.90. The van der Waals surface area contributed by atoms with Gasteiger partial charge in [-0.2, -0.15) is 4.79 Å². The molecule has 0 aromatic rings. The molecular formula is C17H31N6O4+. The van der Waals surface area contributed by atoms with Crippen molar-refractivity contribution in [2.24, 2.45) is 11.7 Å². The second kappa shape index (κ2) is 7.99. The quantitative estimate of drug-likeness (QED) is 0.321. The minimum Gasteiger partial charge on any atom is -0.480 e. The maximum Gasteiger partial charge on any atom is 0.517 e.